The Labute approximate surface area is 143 Å². The number of halogens is 1. The Morgan fingerprint density at radius 3 is 2.54 bits per heavy atom. The molecule has 3 N–H and O–H groups in total. The van der Waals surface area contributed by atoms with Gasteiger partial charge in [-0.1, -0.05) is 41.9 Å². The average molecular weight is 336 g/mol. The molecule has 0 aliphatic heterocycles. The van der Waals surface area contributed by atoms with Gasteiger partial charge in [0.15, 0.2) is 0 Å². The van der Waals surface area contributed by atoms with E-state index >= 15 is 0 Å². The third-order valence-electron chi connectivity index (χ3n) is 3.93. The molecule has 118 valence electrons. The lowest BCUT2D eigenvalue weighted by atomic mass is 10.0. The van der Waals surface area contributed by atoms with Gasteiger partial charge in [-0.3, -0.25) is 5.10 Å². The van der Waals surface area contributed by atoms with E-state index in [9.17, 15) is 0 Å². The van der Waals surface area contributed by atoms with Gasteiger partial charge in [0.05, 0.1) is 33.8 Å². The van der Waals surface area contributed by atoms with Gasteiger partial charge in [0.1, 0.15) is 5.82 Å². The number of benzene rings is 2. The minimum absolute atomic E-state index is 0.424. The van der Waals surface area contributed by atoms with Crippen molar-refractivity contribution in [3.63, 3.8) is 0 Å². The Balaban J connectivity index is 2.01. The van der Waals surface area contributed by atoms with E-state index < -0.39 is 0 Å². The van der Waals surface area contributed by atoms with Crippen LogP contribution in [0.3, 0.4) is 0 Å². The van der Waals surface area contributed by atoms with Gasteiger partial charge in [0, 0.05) is 16.5 Å². The second-order valence-corrected chi connectivity index (χ2v) is 5.96. The van der Waals surface area contributed by atoms with Gasteiger partial charge in [0.25, 0.3) is 0 Å². The molecule has 0 amide bonds. The van der Waals surface area contributed by atoms with Crippen LogP contribution in [-0.2, 0) is 0 Å². The molecule has 0 aliphatic rings. The monoisotopic (exact) mass is 335 g/mol. The quantitative estimate of drug-likeness (QED) is 0.574. The first-order valence-corrected chi connectivity index (χ1v) is 7.84. The molecular formula is C18H14ClN5. The first-order chi connectivity index (χ1) is 11.6. The van der Waals surface area contributed by atoms with E-state index in [1.54, 1.807) is 6.20 Å². The van der Waals surface area contributed by atoms with Crippen molar-refractivity contribution in [3.8, 4) is 22.5 Å². The fourth-order valence-corrected chi connectivity index (χ4v) is 2.95. The summed E-state index contributed by atoms with van der Waals surface area (Å²) in [5.74, 6) is 0.424. The Hall–Kier alpha value is -2.92. The summed E-state index contributed by atoms with van der Waals surface area (Å²) in [6, 6.07) is 13.7. The number of fused-ring (bicyclic) bond motifs is 1. The summed E-state index contributed by atoms with van der Waals surface area (Å²) in [5.41, 5.74) is 10.8. The minimum Gasteiger partial charge on any atom is -0.382 e. The van der Waals surface area contributed by atoms with Gasteiger partial charge in [0.2, 0.25) is 0 Å². The molecule has 4 aromatic rings. The van der Waals surface area contributed by atoms with Crippen LogP contribution in [0.25, 0.3) is 33.4 Å². The number of aromatic nitrogens is 4. The van der Waals surface area contributed by atoms with Crippen LogP contribution in [0, 0.1) is 6.92 Å². The Kier molecular flexibility index (Phi) is 3.43. The zero-order chi connectivity index (χ0) is 16.7. The van der Waals surface area contributed by atoms with Crippen LogP contribution in [0.2, 0.25) is 5.02 Å². The molecule has 0 bridgehead atoms. The lowest BCUT2D eigenvalue weighted by molar-refractivity contribution is 1.12. The highest BCUT2D eigenvalue weighted by Crippen LogP contribution is 2.34. The smallest absolute Gasteiger partial charge is 0.145 e. The number of H-pyrrole nitrogens is 1. The standard InChI is InChI=1S/C18H14ClN5/c1-10-18(20)23-16(11-5-3-2-4-6-11)17(22-10)12-7-13-9-21-24-15(13)14(19)8-12/h2-9H,1H3,(H2,20,23)(H,21,24). The molecule has 0 saturated heterocycles. The largest absolute Gasteiger partial charge is 0.382 e. The highest BCUT2D eigenvalue weighted by molar-refractivity contribution is 6.35. The van der Waals surface area contributed by atoms with Crippen LogP contribution >= 0.6 is 11.6 Å². The van der Waals surface area contributed by atoms with Crippen LogP contribution in [0.15, 0.2) is 48.7 Å². The Morgan fingerprint density at radius 1 is 1.00 bits per heavy atom. The number of nitrogens with zero attached hydrogens (tertiary/aromatic N) is 3. The number of aryl methyl sites for hydroxylation is 1. The van der Waals surface area contributed by atoms with Crippen LogP contribution in [0.5, 0.6) is 0 Å². The van der Waals surface area contributed by atoms with E-state index in [0.29, 0.717) is 16.5 Å². The van der Waals surface area contributed by atoms with E-state index in [1.165, 1.54) is 0 Å². The highest BCUT2D eigenvalue weighted by atomic mass is 35.5. The molecule has 0 aliphatic carbocycles. The predicted octanol–water partition coefficient (Wildman–Crippen LogP) is 4.23. The van der Waals surface area contributed by atoms with Crippen LogP contribution in [0.4, 0.5) is 5.82 Å². The summed E-state index contributed by atoms with van der Waals surface area (Å²) in [5, 5.41) is 8.46. The number of hydrogen-bond acceptors (Lipinski definition) is 4. The summed E-state index contributed by atoms with van der Waals surface area (Å²) in [6.07, 6.45) is 1.74. The van der Waals surface area contributed by atoms with Crippen molar-refractivity contribution in [3.05, 3.63) is 59.4 Å². The van der Waals surface area contributed by atoms with Crippen LogP contribution in [0.1, 0.15) is 5.69 Å². The number of rotatable bonds is 2. The van der Waals surface area contributed by atoms with E-state index in [0.717, 1.165) is 33.4 Å². The number of hydrogen-bond donors (Lipinski definition) is 2. The maximum absolute atomic E-state index is 6.38. The van der Waals surface area contributed by atoms with E-state index in [2.05, 4.69) is 20.2 Å². The van der Waals surface area contributed by atoms with E-state index in [-0.39, 0.29) is 0 Å². The van der Waals surface area contributed by atoms with Crippen molar-refractivity contribution in [1.82, 2.24) is 20.2 Å². The summed E-state index contributed by atoms with van der Waals surface area (Å²) < 4.78 is 0. The summed E-state index contributed by atoms with van der Waals surface area (Å²) >= 11 is 6.38. The molecule has 0 spiro atoms. The number of nitrogens with one attached hydrogen (secondary N) is 1. The van der Waals surface area contributed by atoms with Crippen molar-refractivity contribution >= 4 is 28.3 Å². The summed E-state index contributed by atoms with van der Waals surface area (Å²) in [7, 11) is 0. The fourth-order valence-electron chi connectivity index (χ4n) is 2.68. The number of nitrogens with two attached hydrogens (primary N) is 1. The average Bonchev–Trinajstić information content (AvgIpc) is 3.07. The SMILES string of the molecule is Cc1nc(-c2cc(Cl)c3[nH]ncc3c2)c(-c2ccccc2)nc1N. The molecular weight excluding hydrogens is 322 g/mol. The van der Waals surface area contributed by atoms with Gasteiger partial charge in [-0.25, -0.2) is 9.97 Å². The predicted molar refractivity (Wildman–Crippen MR) is 96.7 cm³/mol. The van der Waals surface area contributed by atoms with Gasteiger partial charge in [-0.15, -0.1) is 0 Å². The highest BCUT2D eigenvalue weighted by Gasteiger charge is 2.15. The molecule has 0 unspecified atom stereocenters. The maximum Gasteiger partial charge on any atom is 0.145 e. The molecule has 0 radical (unpaired) electrons. The molecule has 0 atom stereocenters. The third kappa shape index (κ3) is 2.39. The van der Waals surface area contributed by atoms with Crippen LogP contribution < -0.4 is 5.73 Å². The second kappa shape index (κ2) is 5.62. The lowest BCUT2D eigenvalue weighted by Crippen LogP contribution is -2.02. The molecule has 2 heterocycles. The zero-order valence-electron chi connectivity index (χ0n) is 12.9. The van der Waals surface area contributed by atoms with Crippen molar-refractivity contribution in [2.45, 2.75) is 6.92 Å². The van der Waals surface area contributed by atoms with Crippen molar-refractivity contribution in [1.29, 1.82) is 0 Å². The molecule has 4 rings (SSSR count). The first kappa shape index (κ1) is 14.7. The lowest BCUT2D eigenvalue weighted by Gasteiger charge is -2.12. The van der Waals surface area contributed by atoms with E-state index in [4.69, 9.17) is 17.3 Å². The van der Waals surface area contributed by atoms with E-state index in [1.807, 2.05) is 49.4 Å². The van der Waals surface area contributed by atoms with Crippen molar-refractivity contribution in [2.24, 2.45) is 0 Å². The maximum atomic E-state index is 6.38. The van der Waals surface area contributed by atoms with Crippen molar-refractivity contribution < 1.29 is 0 Å². The minimum atomic E-state index is 0.424. The van der Waals surface area contributed by atoms with Gasteiger partial charge in [-0.05, 0) is 19.1 Å². The Bertz CT molecular complexity index is 1040. The fraction of sp³-hybridized carbons (Fsp3) is 0.0556. The molecule has 0 saturated carbocycles. The number of aromatic amines is 1. The second-order valence-electron chi connectivity index (χ2n) is 5.55. The van der Waals surface area contributed by atoms with Crippen molar-refractivity contribution in [2.75, 3.05) is 5.73 Å². The molecule has 24 heavy (non-hydrogen) atoms. The molecule has 5 nitrogen and oxygen atoms in total. The molecule has 0 fully saturated rings. The number of anilines is 1. The normalized spacial score (nSPS) is 11.1. The Morgan fingerprint density at radius 2 is 1.75 bits per heavy atom. The molecule has 6 heteroatoms. The molecule has 2 aromatic heterocycles. The van der Waals surface area contributed by atoms with Gasteiger partial charge < -0.3 is 5.73 Å². The molecule has 2 aromatic carbocycles. The first-order valence-electron chi connectivity index (χ1n) is 7.46. The topological polar surface area (TPSA) is 80.5 Å². The van der Waals surface area contributed by atoms with Gasteiger partial charge in [-0.2, -0.15) is 5.10 Å². The number of nitrogen functional groups attached to an aromatic ring is 1. The summed E-state index contributed by atoms with van der Waals surface area (Å²) in [4.78, 5) is 9.24. The van der Waals surface area contributed by atoms with Crippen LogP contribution in [-0.4, -0.2) is 20.2 Å². The summed E-state index contributed by atoms with van der Waals surface area (Å²) in [6.45, 7) is 1.85. The van der Waals surface area contributed by atoms with Gasteiger partial charge >= 0.3 is 0 Å². The zero-order valence-corrected chi connectivity index (χ0v) is 13.7. The third-order valence-corrected chi connectivity index (χ3v) is 4.23.